The molecule has 1 heterocycles. The third kappa shape index (κ3) is 6.06. The van der Waals surface area contributed by atoms with Crippen LogP contribution in [0.3, 0.4) is 0 Å². The Morgan fingerprint density at radius 1 is 0.815 bits per heavy atom. The summed E-state index contributed by atoms with van der Waals surface area (Å²) in [5, 5.41) is 10.3. The smallest absolute Gasteiger partial charge is 0.391 e. The minimum absolute atomic E-state index is 0.395. The molecule has 0 saturated carbocycles. The number of aliphatic hydroxyl groups excluding tert-OH is 1. The summed E-state index contributed by atoms with van der Waals surface area (Å²) in [7, 11) is 0. The van der Waals surface area contributed by atoms with Crippen LogP contribution in [0.2, 0.25) is 0 Å². The van der Waals surface area contributed by atoms with Gasteiger partial charge in [0.05, 0.1) is 11.7 Å². The standard InChI is InChI=1S/C21H25F3N2O/c22-21(23,24)19-8-6-18(7-9-19)15-25-10-12-26(13-11-25)16-20(27)14-17-4-2-1-3-5-17/h1-9,20,27H,10-16H2/t20-/m0/s1. The number of piperazine rings is 1. The van der Waals surface area contributed by atoms with E-state index in [0.29, 0.717) is 19.5 Å². The molecular weight excluding hydrogens is 353 g/mol. The van der Waals surface area contributed by atoms with Crippen molar-refractivity contribution in [3.05, 3.63) is 71.3 Å². The van der Waals surface area contributed by atoms with Crippen LogP contribution in [-0.2, 0) is 19.1 Å². The number of hydrogen-bond donors (Lipinski definition) is 1. The van der Waals surface area contributed by atoms with E-state index in [9.17, 15) is 18.3 Å². The monoisotopic (exact) mass is 378 g/mol. The number of nitrogens with zero attached hydrogens (tertiary/aromatic N) is 2. The fraction of sp³-hybridized carbons (Fsp3) is 0.429. The van der Waals surface area contributed by atoms with E-state index in [2.05, 4.69) is 9.80 Å². The van der Waals surface area contributed by atoms with Crippen LogP contribution in [0, 0.1) is 0 Å². The van der Waals surface area contributed by atoms with E-state index in [-0.39, 0.29) is 0 Å². The normalized spacial score (nSPS) is 17.8. The Kier molecular flexibility index (Phi) is 6.52. The SMILES string of the molecule is O[C@@H](Cc1ccccc1)CN1CCN(Cc2ccc(C(F)(F)F)cc2)CC1. The minimum atomic E-state index is -4.29. The molecule has 2 aromatic rings. The molecule has 0 spiro atoms. The van der Waals surface area contributed by atoms with Gasteiger partial charge in [-0.25, -0.2) is 0 Å². The highest BCUT2D eigenvalue weighted by Gasteiger charge is 2.30. The van der Waals surface area contributed by atoms with Crippen LogP contribution in [0.1, 0.15) is 16.7 Å². The first-order chi connectivity index (χ1) is 12.9. The van der Waals surface area contributed by atoms with Gasteiger partial charge in [0.25, 0.3) is 0 Å². The molecule has 3 rings (SSSR count). The molecule has 1 aliphatic heterocycles. The van der Waals surface area contributed by atoms with Gasteiger partial charge >= 0.3 is 6.18 Å². The zero-order chi connectivity index (χ0) is 19.3. The van der Waals surface area contributed by atoms with Gasteiger partial charge in [0.1, 0.15) is 0 Å². The van der Waals surface area contributed by atoms with Crippen LogP contribution in [0.5, 0.6) is 0 Å². The molecule has 27 heavy (non-hydrogen) atoms. The molecule has 0 aliphatic carbocycles. The fourth-order valence-electron chi connectivity index (χ4n) is 3.44. The Morgan fingerprint density at radius 3 is 2.00 bits per heavy atom. The Hall–Kier alpha value is -1.89. The second-order valence-corrected chi connectivity index (χ2v) is 7.11. The van der Waals surface area contributed by atoms with Gasteiger partial charge in [0.2, 0.25) is 0 Å². The summed E-state index contributed by atoms with van der Waals surface area (Å²) >= 11 is 0. The molecule has 3 nitrogen and oxygen atoms in total. The molecule has 6 heteroatoms. The quantitative estimate of drug-likeness (QED) is 0.834. The lowest BCUT2D eigenvalue weighted by Crippen LogP contribution is -2.48. The Morgan fingerprint density at radius 2 is 1.41 bits per heavy atom. The van der Waals surface area contributed by atoms with Gasteiger partial charge in [-0.1, -0.05) is 42.5 Å². The number of aliphatic hydroxyl groups is 1. The second-order valence-electron chi connectivity index (χ2n) is 7.11. The van der Waals surface area contributed by atoms with Gasteiger partial charge in [-0.15, -0.1) is 0 Å². The van der Waals surface area contributed by atoms with Crippen LogP contribution in [0.4, 0.5) is 13.2 Å². The van der Waals surface area contributed by atoms with Gasteiger partial charge in [0.15, 0.2) is 0 Å². The third-order valence-electron chi connectivity index (χ3n) is 4.94. The number of alkyl halides is 3. The Labute approximate surface area is 158 Å². The zero-order valence-corrected chi connectivity index (χ0v) is 15.2. The maximum Gasteiger partial charge on any atom is 0.416 e. The first kappa shape index (κ1) is 19.9. The molecule has 146 valence electrons. The van der Waals surface area contributed by atoms with Crippen molar-refractivity contribution in [2.75, 3.05) is 32.7 Å². The number of hydrogen-bond acceptors (Lipinski definition) is 3. The molecule has 1 N–H and O–H groups in total. The molecule has 0 radical (unpaired) electrons. The average molecular weight is 378 g/mol. The van der Waals surface area contributed by atoms with E-state index in [1.165, 1.54) is 0 Å². The lowest BCUT2D eigenvalue weighted by atomic mass is 10.1. The zero-order valence-electron chi connectivity index (χ0n) is 15.2. The minimum Gasteiger partial charge on any atom is -0.391 e. The molecule has 0 aromatic heterocycles. The fourth-order valence-corrected chi connectivity index (χ4v) is 3.44. The average Bonchev–Trinajstić information content (AvgIpc) is 2.64. The highest BCUT2D eigenvalue weighted by Crippen LogP contribution is 2.29. The van der Waals surface area contributed by atoms with E-state index >= 15 is 0 Å². The summed E-state index contributed by atoms with van der Waals surface area (Å²) in [6.07, 6.45) is -4.04. The van der Waals surface area contributed by atoms with E-state index in [4.69, 9.17) is 0 Å². The van der Waals surface area contributed by atoms with Gasteiger partial charge in [-0.05, 0) is 29.7 Å². The lowest BCUT2D eigenvalue weighted by Gasteiger charge is -2.35. The maximum atomic E-state index is 12.6. The number of β-amino-alcohol motifs (C(OH)–C–C–N with tert-alkyl or cyclic N) is 1. The lowest BCUT2D eigenvalue weighted by molar-refractivity contribution is -0.137. The molecule has 0 unspecified atom stereocenters. The Balaban J connectivity index is 1.42. The van der Waals surface area contributed by atoms with Crippen molar-refractivity contribution < 1.29 is 18.3 Å². The first-order valence-electron chi connectivity index (χ1n) is 9.23. The van der Waals surface area contributed by atoms with Crippen molar-refractivity contribution in [2.24, 2.45) is 0 Å². The predicted octanol–water partition coefficient (Wildman–Crippen LogP) is 3.43. The summed E-state index contributed by atoms with van der Waals surface area (Å²) in [6, 6.07) is 15.3. The summed E-state index contributed by atoms with van der Waals surface area (Å²) in [6.45, 7) is 4.69. The topological polar surface area (TPSA) is 26.7 Å². The van der Waals surface area contributed by atoms with E-state index < -0.39 is 17.8 Å². The molecule has 1 atom stereocenters. The molecule has 0 amide bonds. The molecule has 2 aromatic carbocycles. The highest BCUT2D eigenvalue weighted by molar-refractivity contribution is 5.24. The number of benzene rings is 2. The summed E-state index contributed by atoms with van der Waals surface area (Å²) in [5.74, 6) is 0. The summed E-state index contributed by atoms with van der Waals surface area (Å²) in [5.41, 5.74) is 1.41. The molecule has 0 bridgehead atoms. The van der Waals surface area contributed by atoms with Gasteiger partial charge < -0.3 is 5.11 Å². The highest BCUT2D eigenvalue weighted by atomic mass is 19.4. The van der Waals surface area contributed by atoms with Crippen LogP contribution in [-0.4, -0.2) is 53.7 Å². The number of halogens is 3. The van der Waals surface area contributed by atoms with Crippen molar-refractivity contribution in [1.82, 2.24) is 9.80 Å². The molecular formula is C21H25F3N2O. The first-order valence-corrected chi connectivity index (χ1v) is 9.23. The number of rotatable bonds is 6. The molecule has 1 saturated heterocycles. The molecule has 1 aliphatic rings. The van der Waals surface area contributed by atoms with Crippen LogP contribution in [0.25, 0.3) is 0 Å². The van der Waals surface area contributed by atoms with Gasteiger partial charge in [-0.3, -0.25) is 9.80 Å². The van der Waals surface area contributed by atoms with E-state index in [0.717, 1.165) is 49.4 Å². The molecule has 1 fully saturated rings. The van der Waals surface area contributed by atoms with Crippen LogP contribution < -0.4 is 0 Å². The largest absolute Gasteiger partial charge is 0.416 e. The van der Waals surface area contributed by atoms with Crippen LogP contribution >= 0.6 is 0 Å². The van der Waals surface area contributed by atoms with Crippen LogP contribution in [0.15, 0.2) is 54.6 Å². The van der Waals surface area contributed by atoms with Gasteiger partial charge in [-0.2, -0.15) is 13.2 Å². The summed E-state index contributed by atoms with van der Waals surface area (Å²) < 4.78 is 37.9. The van der Waals surface area contributed by atoms with Crippen molar-refractivity contribution >= 4 is 0 Å². The van der Waals surface area contributed by atoms with Crippen molar-refractivity contribution in [3.8, 4) is 0 Å². The second kappa shape index (κ2) is 8.87. The maximum absolute atomic E-state index is 12.6. The van der Waals surface area contributed by atoms with Gasteiger partial charge in [0, 0.05) is 39.3 Å². The van der Waals surface area contributed by atoms with Crippen molar-refractivity contribution in [2.45, 2.75) is 25.2 Å². The Bertz CT molecular complexity index is 696. The third-order valence-corrected chi connectivity index (χ3v) is 4.94. The van der Waals surface area contributed by atoms with Crippen molar-refractivity contribution in [1.29, 1.82) is 0 Å². The summed E-state index contributed by atoms with van der Waals surface area (Å²) in [4.78, 5) is 4.49. The predicted molar refractivity (Wildman–Crippen MR) is 99.3 cm³/mol. The van der Waals surface area contributed by atoms with E-state index in [1.54, 1.807) is 12.1 Å². The van der Waals surface area contributed by atoms with Crippen molar-refractivity contribution in [3.63, 3.8) is 0 Å². The van der Waals surface area contributed by atoms with E-state index in [1.807, 2.05) is 30.3 Å².